The van der Waals surface area contributed by atoms with Gasteiger partial charge >= 0.3 is 0 Å². The van der Waals surface area contributed by atoms with E-state index in [1.54, 1.807) is 0 Å². The number of hydrogen-bond donors (Lipinski definition) is 1. The second-order valence-corrected chi connectivity index (χ2v) is 7.42. The van der Waals surface area contributed by atoms with Crippen LogP contribution in [0, 0.1) is 5.41 Å². The fourth-order valence-electron chi connectivity index (χ4n) is 2.90. The van der Waals surface area contributed by atoms with Gasteiger partial charge in [-0.25, -0.2) is 0 Å². The monoisotopic (exact) mass is 319 g/mol. The molecule has 0 aromatic heterocycles. The molecule has 0 bridgehead atoms. The Morgan fingerprint density at radius 2 is 1.89 bits per heavy atom. The van der Waals surface area contributed by atoms with E-state index in [1.807, 2.05) is 12.1 Å². The molecule has 1 N–H and O–H groups in total. The van der Waals surface area contributed by atoms with Crippen molar-refractivity contribution in [2.75, 3.05) is 0 Å². The van der Waals surface area contributed by atoms with Crippen molar-refractivity contribution < 1.29 is 0 Å². The predicted molar refractivity (Wildman–Crippen MR) is 84.4 cm³/mol. The van der Waals surface area contributed by atoms with E-state index in [1.165, 1.54) is 19.3 Å². The number of hydrogen-bond acceptors (Lipinski definition) is 1. The number of benzene rings is 1. The molecule has 1 aromatic carbocycles. The lowest BCUT2D eigenvalue weighted by molar-refractivity contribution is 0.356. The lowest BCUT2D eigenvalue weighted by Gasteiger charge is -2.23. The van der Waals surface area contributed by atoms with E-state index in [4.69, 9.17) is 34.8 Å². The summed E-state index contributed by atoms with van der Waals surface area (Å²) in [6.45, 7) is 6.77. The summed E-state index contributed by atoms with van der Waals surface area (Å²) in [6.07, 6.45) is 3.69. The van der Waals surface area contributed by atoms with Gasteiger partial charge in [0.15, 0.2) is 0 Å². The molecule has 2 unspecified atom stereocenters. The molecule has 0 spiro atoms. The first-order valence-corrected chi connectivity index (χ1v) is 7.83. The first kappa shape index (κ1) is 15.4. The van der Waals surface area contributed by atoms with Crippen LogP contribution >= 0.6 is 34.8 Å². The molecule has 1 nitrogen and oxygen atoms in total. The molecular formula is C15H20Cl3N. The van der Waals surface area contributed by atoms with Crippen LogP contribution in [-0.4, -0.2) is 6.04 Å². The summed E-state index contributed by atoms with van der Waals surface area (Å²) >= 11 is 18.3. The fraction of sp³-hybridized carbons (Fsp3) is 0.600. The minimum atomic E-state index is 0.182. The molecule has 2 atom stereocenters. The van der Waals surface area contributed by atoms with E-state index in [0.29, 0.717) is 26.5 Å². The van der Waals surface area contributed by atoms with E-state index in [-0.39, 0.29) is 6.04 Å². The molecule has 0 aliphatic heterocycles. The van der Waals surface area contributed by atoms with Crippen LogP contribution in [0.5, 0.6) is 0 Å². The van der Waals surface area contributed by atoms with E-state index in [9.17, 15) is 0 Å². The Labute approximate surface area is 130 Å². The molecular weight excluding hydrogens is 301 g/mol. The fourth-order valence-corrected chi connectivity index (χ4v) is 3.60. The Bertz CT molecular complexity index is 471. The maximum absolute atomic E-state index is 6.28. The second-order valence-electron chi connectivity index (χ2n) is 6.26. The van der Waals surface area contributed by atoms with Crippen molar-refractivity contribution in [1.82, 2.24) is 5.32 Å². The molecule has 0 saturated heterocycles. The molecule has 1 aliphatic rings. The van der Waals surface area contributed by atoms with Gasteiger partial charge in [0.2, 0.25) is 0 Å². The molecule has 1 fully saturated rings. The Kier molecular flexibility index (Phi) is 4.72. The minimum absolute atomic E-state index is 0.182. The van der Waals surface area contributed by atoms with Crippen LogP contribution in [0.1, 0.15) is 51.6 Å². The molecule has 0 radical (unpaired) electrons. The molecule has 1 aliphatic carbocycles. The van der Waals surface area contributed by atoms with Gasteiger partial charge in [-0.15, -0.1) is 0 Å². The summed E-state index contributed by atoms with van der Waals surface area (Å²) in [6, 6.07) is 4.49. The largest absolute Gasteiger partial charge is 0.307 e. The Hall–Kier alpha value is 0.0500. The summed E-state index contributed by atoms with van der Waals surface area (Å²) in [7, 11) is 0. The van der Waals surface area contributed by atoms with Gasteiger partial charge in [0, 0.05) is 12.1 Å². The van der Waals surface area contributed by atoms with Crippen molar-refractivity contribution in [3.05, 3.63) is 32.8 Å². The predicted octanol–water partition coefficient (Wildman–Crippen LogP) is 5.88. The average molecular weight is 321 g/mol. The topological polar surface area (TPSA) is 12.0 Å². The maximum Gasteiger partial charge on any atom is 0.0781 e. The third-order valence-electron chi connectivity index (χ3n) is 3.99. The first-order chi connectivity index (χ1) is 8.80. The van der Waals surface area contributed by atoms with Crippen LogP contribution in [0.3, 0.4) is 0 Å². The highest BCUT2D eigenvalue weighted by atomic mass is 35.5. The summed E-state index contributed by atoms with van der Waals surface area (Å²) in [5.74, 6) is 0. The van der Waals surface area contributed by atoms with Crippen LogP contribution in [0.4, 0.5) is 0 Å². The van der Waals surface area contributed by atoms with Gasteiger partial charge in [0.1, 0.15) is 0 Å². The highest BCUT2D eigenvalue weighted by Crippen LogP contribution is 2.39. The van der Waals surface area contributed by atoms with E-state index in [0.717, 1.165) is 5.56 Å². The van der Waals surface area contributed by atoms with Gasteiger partial charge < -0.3 is 5.32 Å². The van der Waals surface area contributed by atoms with E-state index in [2.05, 4.69) is 26.1 Å². The van der Waals surface area contributed by atoms with Gasteiger partial charge in [-0.1, -0.05) is 54.7 Å². The SMILES string of the molecule is CC(NC1CCC(C)(C)C1)c1ccc(Cl)c(Cl)c1Cl. The number of nitrogens with one attached hydrogen (secondary N) is 1. The molecule has 1 aromatic rings. The second kappa shape index (κ2) is 5.81. The maximum atomic E-state index is 6.28. The average Bonchev–Trinajstić information content (AvgIpc) is 2.65. The minimum Gasteiger partial charge on any atom is -0.307 e. The van der Waals surface area contributed by atoms with Crippen molar-refractivity contribution in [2.24, 2.45) is 5.41 Å². The lowest BCUT2D eigenvalue weighted by Crippen LogP contribution is -2.30. The molecule has 4 heteroatoms. The molecule has 106 valence electrons. The van der Waals surface area contributed by atoms with Crippen LogP contribution < -0.4 is 5.32 Å². The number of rotatable bonds is 3. The van der Waals surface area contributed by atoms with Gasteiger partial charge in [0.25, 0.3) is 0 Å². The summed E-state index contributed by atoms with van der Waals surface area (Å²) in [5, 5.41) is 5.16. The summed E-state index contributed by atoms with van der Waals surface area (Å²) in [4.78, 5) is 0. The van der Waals surface area contributed by atoms with Crippen LogP contribution in [0.25, 0.3) is 0 Å². The Balaban J connectivity index is 2.09. The first-order valence-electron chi connectivity index (χ1n) is 6.69. The van der Waals surface area contributed by atoms with E-state index >= 15 is 0 Å². The highest BCUT2D eigenvalue weighted by Gasteiger charge is 2.31. The van der Waals surface area contributed by atoms with Crippen molar-refractivity contribution >= 4 is 34.8 Å². The number of halogens is 3. The molecule has 0 amide bonds. The summed E-state index contributed by atoms with van der Waals surface area (Å²) in [5.41, 5.74) is 1.46. The van der Waals surface area contributed by atoms with Crippen molar-refractivity contribution in [2.45, 2.75) is 52.1 Å². The van der Waals surface area contributed by atoms with Gasteiger partial charge in [-0.3, -0.25) is 0 Å². The third-order valence-corrected chi connectivity index (χ3v) is 5.29. The third kappa shape index (κ3) is 3.58. The zero-order valence-electron chi connectivity index (χ0n) is 11.6. The summed E-state index contributed by atoms with van der Waals surface area (Å²) < 4.78 is 0. The Morgan fingerprint density at radius 3 is 2.47 bits per heavy atom. The quantitative estimate of drug-likeness (QED) is 0.686. The smallest absolute Gasteiger partial charge is 0.0781 e. The van der Waals surface area contributed by atoms with Gasteiger partial charge in [0.05, 0.1) is 15.1 Å². The van der Waals surface area contributed by atoms with Crippen molar-refractivity contribution in [3.8, 4) is 0 Å². The molecule has 2 rings (SSSR count). The lowest BCUT2D eigenvalue weighted by atomic mass is 9.91. The van der Waals surface area contributed by atoms with Crippen LogP contribution in [0.2, 0.25) is 15.1 Å². The standard InChI is InChI=1S/C15H20Cl3N/c1-9(19-10-6-7-15(2,3)8-10)11-4-5-12(16)14(18)13(11)17/h4-5,9-10,19H,6-8H2,1-3H3. The van der Waals surface area contributed by atoms with E-state index < -0.39 is 0 Å². The molecule has 0 heterocycles. The molecule has 1 saturated carbocycles. The zero-order chi connectivity index (χ0) is 14.2. The van der Waals surface area contributed by atoms with Crippen LogP contribution in [0.15, 0.2) is 12.1 Å². The van der Waals surface area contributed by atoms with Gasteiger partial charge in [-0.2, -0.15) is 0 Å². The molecule has 19 heavy (non-hydrogen) atoms. The van der Waals surface area contributed by atoms with Crippen LogP contribution in [-0.2, 0) is 0 Å². The Morgan fingerprint density at radius 1 is 1.21 bits per heavy atom. The van der Waals surface area contributed by atoms with Crippen molar-refractivity contribution in [3.63, 3.8) is 0 Å². The van der Waals surface area contributed by atoms with Gasteiger partial charge in [-0.05, 0) is 43.2 Å². The normalized spacial score (nSPS) is 23.6. The highest BCUT2D eigenvalue weighted by molar-refractivity contribution is 6.48. The zero-order valence-corrected chi connectivity index (χ0v) is 13.8. The van der Waals surface area contributed by atoms with Crippen molar-refractivity contribution in [1.29, 1.82) is 0 Å².